The molecule has 1 saturated carbocycles. The standard InChI is InChI=1S/C11H19O2/c1-2-3-9-13-11(12)10-7-5-4-6-8-10/h10H,1-9H2. The van der Waals surface area contributed by atoms with Gasteiger partial charge in [0.2, 0.25) is 0 Å². The lowest BCUT2D eigenvalue weighted by atomic mass is 9.89. The summed E-state index contributed by atoms with van der Waals surface area (Å²) < 4.78 is 5.14. The van der Waals surface area contributed by atoms with Gasteiger partial charge in [0, 0.05) is 0 Å². The number of carbonyl (C=O) groups is 1. The zero-order valence-corrected chi connectivity index (χ0v) is 8.26. The second-order valence-electron chi connectivity index (χ2n) is 3.71. The molecule has 2 heteroatoms. The molecule has 0 aromatic heterocycles. The molecule has 1 aliphatic carbocycles. The van der Waals surface area contributed by atoms with Gasteiger partial charge in [0.15, 0.2) is 0 Å². The van der Waals surface area contributed by atoms with Crippen molar-refractivity contribution >= 4 is 5.97 Å². The van der Waals surface area contributed by atoms with Crippen LogP contribution in [0.15, 0.2) is 0 Å². The second kappa shape index (κ2) is 6.01. The third-order valence-electron chi connectivity index (χ3n) is 2.58. The van der Waals surface area contributed by atoms with Crippen LogP contribution in [0.4, 0.5) is 0 Å². The first-order chi connectivity index (χ1) is 6.34. The van der Waals surface area contributed by atoms with Crippen LogP contribution in [-0.4, -0.2) is 12.6 Å². The SMILES string of the molecule is [CH2]CCCOC(=O)C1CCCCC1. The van der Waals surface area contributed by atoms with Gasteiger partial charge in [-0.2, -0.15) is 0 Å². The number of hydrogen-bond donors (Lipinski definition) is 0. The first kappa shape index (κ1) is 10.6. The molecule has 1 radical (unpaired) electrons. The average Bonchev–Trinajstić information content (AvgIpc) is 2.19. The van der Waals surface area contributed by atoms with E-state index in [1.165, 1.54) is 19.3 Å². The minimum atomic E-state index is 0.0214. The Morgan fingerprint density at radius 1 is 1.31 bits per heavy atom. The maximum Gasteiger partial charge on any atom is 0.308 e. The lowest BCUT2D eigenvalue weighted by Gasteiger charge is -2.19. The van der Waals surface area contributed by atoms with Gasteiger partial charge in [-0.15, -0.1) is 0 Å². The topological polar surface area (TPSA) is 26.3 Å². The monoisotopic (exact) mass is 183 g/mol. The Labute approximate surface area is 80.7 Å². The first-order valence-corrected chi connectivity index (χ1v) is 5.30. The molecule has 0 bridgehead atoms. The molecular weight excluding hydrogens is 164 g/mol. The molecule has 75 valence electrons. The highest BCUT2D eigenvalue weighted by Gasteiger charge is 2.21. The van der Waals surface area contributed by atoms with E-state index in [2.05, 4.69) is 6.92 Å². The second-order valence-corrected chi connectivity index (χ2v) is 3.71. The van der Waals surface area contributed by atoms with Crippen LogP contribution in [0.3, 0.4) is 0 Å². The van der Waals surface area contributed by atoms with Crippen LogP contribution in [0, 0.1) is 12.8 Å². The van der Waals surface area contributed by atoms with Crippen molar-refractivity contribution in [2.45, 2.75) is 44.9 Å². The summed E-state index contributed by atoms with van der Waals surface area (Å²) in [4.78, 5) is 11.4. The largest absolute Gasteiger partial charge is 0.465 e. The summed E-state index contributed by atoms with van der Waals surface area (Å²) >= 11 is 0. The van der Waals surface area contributed by atoms with E-state index in [0.717, 1.165) is 25.7 Å². The highest BCUT2D eigenvalue weighted by Crippen LogP contribution is 2.24. The molecule has 1 fully saturated rings. The summed E-state index contributed by atoms with van der Waals surface area (Å²) in [5.74, 6) is 0.215. The fraction of sp³-hybridized carbons (Fsp3) is 0.818. The molecule has 0 unspecified atom stereocenters. The molecule has 0 aromatic carbocycles. The van der Waals surface area contributed by atoms with Gasteiger partial charge in [0.25, 0.3) is 0 Å². The average molecular weight is 183 g/mol. The van der Waals surface area contributed by atoms with Crippen LogP contribution < -0.4 is 0 Å². The lowest BCUT2D eigenvalue weighted by molar-refractivity contribution is -0.149. The molecule has 0 spiro atoms. The number of ether oxygens (including phenoxy) is 1. The molecule has 0 N–H and O–H groups in total. The van der Waals surface area contributed by atoms with Crippen LogP contribution in [0.2, 0.25) is 0 Å². The van der Waals surface area contributed by atoms with E-state index in [4.69, 9.17) is 4.74 Å². The first-order valence-electron chi connectivity index (χ1n) is 5.30. The van der Waals surface area contributed by atoms with Gasteiger partial charge in [0.1, 0.15) is 0 Å². The fourth-order valence-corrected chi connectivity index (χ4v) is 1.73. The number of carbonyl (C=O) groups excluding carboxylic acids is 1. The fourth-order valence-electron chi connectivity index (χ4n) is 1.73. The van der Waals surface area contributed by atoms with Crippen LogP contribution >= 0.6 is 0 Å². The Bertz CT molecular complexity index is 148. The predicted molar refractivity (Wildman–Crippen MR) is 52.1 cm³/mol. The van der Waals surface area contributed by atoms with Gasteiger partial charge >= 0.3 is 5.97 Å². The smallest absolute Gasteiger partial charge is 0.308 e. The third kappa shape index (κ3) is 3.79. The molecule has 0 atom stereocenters. The molecule has 0 saturated heterocycles. The van der Waals surface area contributed by atoms with Gasteiger partial charge in [0.05, 0.1) is 12.5 Å². The molecule has 1 aliphatic rings. The van der Waals surface area contributed by atoms with Crippen molar-refractivity contribution < 1.29 is 9.53 Å². The van der Waals surface area contributed by atoms with Gasteiger partial charge in [-0.3, -0.25) is 4.79 Å². The summed E-state index contributed by atoms with van der Waals surface area (Å²) in [5, 5.41) is 0. The van der Waals surface area contributed by atoms with Crippen molar-refractivity contribution in [3.05, 3.63) is 6.92 Å². The van der Waals surface area contributed by atoms with Crippen molar-refractivity contribution in [2.75, 3.05) is 6.61 Å². The van der Waals surface area contributed by atoms with E-state index < -0.39 is 0 Å². The van der Waals surface area contributed by atoms with Crippen molar-refractivity contribution in [2.24, 2.45) is 5.92 Å². The van der Waals surface area contributed by atoms with Crippen molar-refractivity contribution in [1.82, 2.24) is 0 Å². The quantitative estimate of drug-likeness (QED) is 0.495. The van der Waals surface area contributed by atoms with E-state index in [1.807, 2.05) is 0 Å². The number of hydrogen-bond acceptors (Lipinski definition) is 2. The van der Waals surface area contributed by atoms with Crippen LogP contribution in [0.1, 0.15) is 44.9 Å². The molecule has 0 aliphatic heterocycles. The number of unbranched alkanes of at least 4 members (excludes halogenated alkanes) is 1. The van der Waals surface area contributed by atoms with Gasteiger partial charge in [-0.1, -0.05) is 32.6 Å². The van der Waals surface area contributed by atoms with Gasteiger partial charge < -0.3 is 4.74 Å². The van der Waals surface area contributed by atoms with E-state index in [0.29, 0.717) is 6.61 Å². The lowest BCUT2D eigenvalue weighted by Crippen LogP contribution is -2.20. The minimum Gasteiger partial charge on any atom is -0.465 e. The Balaban J connectivity index is 2.13. The predicted octanol–water partition coefficient (Wildman–Crippen LogP) is 2.72. The zero-order chi connectivity index (χ0) is 9.52. The summed E-state index contributed by atoms with van der Waals surface area (Å²) in [6.07, 6.45) is 7.45. The molecule has 1 rings (SSSR count). The van der Waals surface area contributed by atoms with E-state index in [9.17, 15) is 4.79 Å². The van der Waals surface area contributed by atoms with Gasteiger partial charge in [-0.25, -0.2) is 0 Å². The summed E-state index contributed by atoms with van der Waals surface area (Å²) in [6.45, 7) is 4.26. The van der Waals surface area contributed by atoms with Crippen molar-refractivity contribution in [3.8, 4) is 0 Å². The Morgan fingerprint density at radius 3 is 2.62 bits per heavy atom. The highest BCUT2D eigenvalue weighted by molar-refractivity contribution is 5.72. The third-order valence-corrected chi connectivity index (χ3v) is 2.58. The molecular formula is C11H19O2. The number of esters is 1. The van der Waals surface area contributed by atoms with Crippen molar-refractivity contribution in [1.29, 1.82) is 0 Å². The van der Waals surface area contributed by atoms with E-state index >= 15 is 0 Å². The Kier molecular flexibility index (Phi) is 4.87. The molecule has 2 nitrogen and oxygen atoms in total. The Morgan fingerprint density at radius 2 is 2.00 bits per heavy atom. The molecule has 0 aromatic rings. The van der Waals surface area contributed by atoms with Gasteiger partial charge in [-0.05, 0) is 19.3 Å². The normalized spacial score (nSPS) is 18.5. The van der Waals surface area contributed by atoms with Crippen LogP contribution in [0.5, 0.6) is 0 Å². The maximum absolute atomic E-state index is 11.4. The summed E-state index contributed by atoms with van der Waals surface area (Å²) in [6, 6.07) is 0. The zero-order valence-electron chi connectivity index (χ0n) is 8.26. The Hall–Kier alpha value is -0.530. The molecule has 13 heavy (non-hydrogen) atoms. The van der Waals surface area contributed by atoms with E-state index in [-0.39, 0.29) is 11.9 Å². The summed E-state index contributed by atoms with van der Waals surface area (Å²) in [7, 11) is 0. The van der Waals surface area contributed by atoms with Crippen LogP contribution in [-0.2, 0) is 9.53 Å². The van der Waals surface area contributed by atoms with Crippen LogP contribution in [0.25, 0.3) is 0 Å². The minimum absolute atomic E-state index is 0.0214. The van der Waals surface area contributed by atoms with E-state index in [1.54, 1.807) is 0 Å². The molecule has 0 heterocycles. The van der Waals surface area contributed by atoms with Crippen molar-refractivity contribution in [3.63, 3.8) is 0 Å². The molecule has 0 amide bonds. The summed E-state index contributed by atoms with van der Waals surface area (Å²) in [5.41, 5.74) is 0. The highest BCUT2D eigenvalue weighted by atomic mass is 16.5. The number of rotatable bonds is 4. The maximum atomic E-state index is 11.4.